The van der Waals surface area contributed by atoms with Crippen LogP contribution in [0.15, 0.2) is 42.5 Å². The van der Waals surface area contributed by atoms with Gasteiger partial charge in [0, 0.05) is 11.1 Å². The van der Waals surface area contributed by atoms with Crippen LogP contribution in [0.25, 0.3) is 11.3 Å². The van der Waals surface area contributed by atoms with E-state index in [0.717, 1.165) is 0 Å². The second-order valence-corrected chi connectivity index (χ2v) is 5.13. The molecule has 0 fully saturated rings. The minimum Gasteiger partial charge on any atom is -0.493 e. The van der Waals surface area contributed by atoms with Gasteiger partial charge in [-0.15, -0.1) is 0 Å². The van der Waals surface area contributed by atoms with E-state index in [2.05, 4.69) is 15.4 Å². The van der Waals surface area contributed by atoms with Gasteiger partial charge in [-0.25, -0.2) is 4.39 Å². The number of aromatic nitrogens is 3. The van der Waals surface area contributed by atoms with Gasteiger partial charge in [-0.3, -0.25) is 4.79 Å². The summed E-state index contributed by atoms with van der Waals surface area (Å²) in [6.07, 6.45) is 0. The summed E-state index contributed by atoms with van der Waals surface area (Å²) in [4.78, 5) is 11.4. The van der Waals surface area contributed by atoms with Gasteiger partial charge in [0.1, 0.15) is 18.1 Å². The van der Waals surface area contributed by atoms with Gasteiger partial charge >= 0.3 is 0 Å². The number of carbonyl (C=O) groups is 1. The molecule has 0 unspecified atom stereocenters. The molecule has 0 saturated heterocycles. The number of hydrogen-bond donors (Lipinski definition) is 2. The molecule has 1 heterocycles. The summed E-state index contributed by atoms with van der Waals surface area (Å²) >= 11 is 0. The Morgan fingerprint density at radius 3 is 2.72 bits per heavy atom. The van der Waals surface area contributed by atoms with Crippen LogP contribution in [0.5, 0.6) is 11.5 Å². The number of nitrogens with zero attached hydrogens (tertiary/aromatic N) is 2. The van der Waals surface area contributed by atoms with E-state index in [4.69, 9.17) is 15.2 Å². The van der Waals surface area contributed by atoms with Crippen molar-refractivity contribution in [3.63, 3.8) is 0 Å². The Morgan fingerprint density at radius 1 is 1.20 bits per heavy atom. The van der Waals surface area contributed by atoms with Crippen molar-refractivity contribution in [2.45, 2.75) is 6.61 Å². The molecule has 0 spiro atoms. The molecule has 0 saturated carbocycles. The molecule has 0 bridgehead atoms. The summed E-state index contributed by atoms with van der Waals surface area (Å²) in [6, 6.07) is 11.3. The Labute approximate surface area is 142 Å². The number of primary amides is 1. The van der Waals surface area contributed by atoms with Gasteiger partial charge in [0.25, 0.3) is 5.91 Å². The smallest absolute Gasteiger partial charge is 0.271 e. The van der Waals surface area contributed by atoms with Crippen LogP contribution in [-0.4, -0.2) is 28.4 Å². The second kappa shape index (κ2) is 7.00. The molecule has 7 nitrogen and oxygen atoms in total. The van der Waals surface area contributed by atoms with Crippen LogP contribution in [0.2, 0.25) is 0 Å². The quantitative estimate of drug-likeness (QED) is 0.715. The van der Waals surface area contributed by atoms with Crippen LogP contribution >= 0.6 is 0 Å². The number of amides is 1. The van der Waals surface area contributed by atoms with Crippen molar-refractivity contribution in [1.29, 1.82) is 0 Å². The third-order valence-electron chi connectivity index (χ3n) is 3.56. The predicted molar refractivity (Wildman–Crippen MR) is 87.6 cm³/mol. The lowest BCUT2D eigenvalue weighted by molar-refractivity contribution is 0.0996. The number of ether oxygens (including phenoxy) is 2. The molecule has 1 amide bonds. The monoisotopic (exact) mass is 342 g/mol. The highest BCUT2D eigenvalue weighted by molar-refractivity contribution is 5.96. The molecule has 8 heteroatoms. The van der Waals surface area contributed by atoms with Crippen molar-refractivity contribution >= 4 is 5.91 Å². The molecule has 3 aromatic rings. The number of nitrogens with one attached hydrogen (secondary N) is 1. The number of aromatic amines is 1. The first kappa shape index (κ1) is 16.4. The Hall–Kier alpha value is -3.42. The molecule has 1 aromatic heterocycles. The van der Waals surface area contributed by atoms with Gasteiger partial charge in [-0.2, -0.15) is 15.4 Å². The van der Waals surface area contributed by atoms with Crippen molar-refractivity contribution in [3.8, 4) is 22.8 Å². The average molecular weight is 342 g/mol. The molecule has 0 aliphatic rings. The Kier molecular flexibility index (Phi) is 4.60. The van der Waals surface area contributed by atoms with E-state index >= 15 is 0 Å². The van der Waals surface area contributed by atoms with Crippen molar-refractivity contribution < 1.29 is 18.7 Å². The fourth-order valence-electron chi connectivity index (χ4n) is 2.31. The van der Waals surface area contributed by atoms with E-state index in [1.54, 1.807) is 36.4 Å². The fraction of sp³-hybridized carbons (Fsp3) is 0.118. The lowest BCUT2D eigenvalue weighted by atomic mass is 10.1. The van der Waals surface area contributed by atoms with Gasteiger partial charge in [-0.05, 0) is 24.3 Å². The highest BCUT2D eigenvalue weighted by Crippen LogP contribution is 2.33. The summed E-state index contributed by atoms with van der Waals surface area (Å²) in [5.41, 5.74) is 6.57. The summed E-state index contributed by atoms with van der Waals surface area (Å²) in [6.45, 7) is 0.0218. The van der Waals surface area contributed by atoms with E-state index in [1.165, 1.54) is 13.2 Å². The van der Waals surface area contributed by atoms with Crippen molar-refractivity contribution in [3.05, 3.63) is 59.5 Å². The lowest BCUT2D eigenvalue weighted by Crippen LogP contribution is -2.12. The predicted octanol–water partition coefficient (Wildman–Crippen LogP) is 2.30. The summed E-state index contributed by atoms with van der Waals surface area (Å²) in [7, 11) is 1.50. The molecule has 2 aromatic carbocycles. The Morgan fingerprint density at radius 2 is 2.00 bits per heavy atom. The van der Waals surface area contributed by atoms with Gasteiger partial charge < -0.3 is 15.2 Å². The highest BCUT2D eigenvalue weighted by Gasteiger charge is 2.17. The molecule has 3 N–H and O–H groups in total. The van der Waals surface area contributed by atoms with E-state index < -0.39 is 5.91 Å². The molecule has 128 valence electrons. The molecule has 25 heavy (non-hydrogen) atoms. The normalized spacial score (nSPS) is 10.5. The summed E-state index contributed by atoms with van der Waals surface area (Å²) in [5.74, 6) is -0.218. The third-order valence-corrected chi connectivity index (χ3v) is 3.56. The third kappa shape index (κ3) is 3.42. The molecule has 3 rings (SSSR count). The van der Waals surface area contributed by atoms with E-state index in [9.17, 15) is 9.18 Å². The number of hydrogen-bond acceptors (Lipinski definition) is 5. The van der Waals surface area contributed by atoms with Crippen LogP contribution in [0, 0.1) is 5.82 Å². The minimum absolute atomic E-state index is 0.0187. The molecule has 0 atom stereocenters. The standard InChI is InChI=1S/C17H15FN4O3/c1-24-13-7-6-10(15-16(17(19)23)21-22-20-15)8-14(13)25-9-11-4-2-3-5-12(11)18/h2-8H,9H2,1H3,(H2,19,23)(H,20,21,22). The van der Waals surface area contributed by atoms with E-state index in [-0.39, 0.29) is 18.1 Å². The largest absolute Gasteiger partial charge is 0.493 e. The number of carbonyl (C=O) groups excluding carboxylic acids is 1. The zero-order valence-electron chi connectivity index (χ0n) is 13.3. The Balaban J connectivity index is 1.91. The first-order chi connectivity index (χ1) is 12.1. The molecule has 0 radical (unpaired) electrons. The number of nitrogens with two attached hydrogens (primary N) is 1. The van der Waals surface area contributed by atoms with E-state index in [1.807, 2.05) is 0 Å². The number of rotatable bonds is 6. The van der Waals surface area contributed by atoms with Gasteiger partial charge in [0.05, 0.1) is 7.11 Å². The van der Waals surface area contributed by atoms with Crippen LogP contribution < -0.4 is 15.2 Å². The SMILES string of the molecule is COc1ccc(-c2n[nH]nc2C(N)=O)cc1OCc1ccccc1F. The molecule has 0 aliphatic heterocycles. The fourth-order valence-corrected chi connectivity index (χ4v) is 2.31. The molecule has 0 aliphatic carbocycles. The number of methoxy groups -OCH3 is 1. The maximum Gasteiger partial charge on any atom is 0.271 e. The zero-order chi connectivity index (χ0) is 17.8. The second-order valence-electron chi connectivity index (χ2n) is 5.13. The van der Waals surface area contributed by atoms with Gasteiger partial charge in [-0.1, -0.05) is 18.2 Å². The maximum atomic E-state index is 13.7. The number of benzene rings is 2. The van der Waals surface area contributed by atoms with Crippen LogP contribution in [-0.2, 0) is 6.61 Å². The van der Waals surface area contributed by atoms with Crippen LogP contribution in [0.4, 0.5) is 4.39 Å². The topological polar surface area (TPSA) is 103 Å². The van der Waals surface area contributed by atoms with Crippen molar-refractivity contribution in [2.24, 2.45) is 5.73 Å². The first-order valence-corrected chi connectivity index (χ1v) is 7.35. The number of halogens is 1. The highest BCUT2D eigenvalue weighted by atomic mass is 19.1. The van der Waals surface area contributed by atoms with Crippen LogP contribution in [0.1, 0.15) is 16.1 Å². The van der Waals surface area contributed by atoms with Crippen molar-refractivity contribution in [2.75, 3.05) is 7.11 Å². The van der Waals surface area contributed by atoms with Gasteiger partial charge in [0.15, 0.2) is 17.2 Å². The summed E-state index contributed by atoms with van der Waals surface area (Å²) < 4.78 is 24.7. The van der Waals surface area contributed by atoms with Crippen LogP contribution in [0.3, 0.4) is 0 Å². The maximum absolute atomic E-state index is 13.7. The minimum atomic E-state index is -0.701. The lowest BCUT2D eigenvalue weighted by Gasteiger charge is -2.12. The van der Waals surface area contributed by atoms with Crippen molar-refractivity contribution in [1.82, 2.24) is 15.4 Å². The zero-order valence-corrected chi connectivity index (χ0v) is 13.3. The summed E-state index contributed by atoms with van der Waals surface area (Å²) in [5, 5.41) is 10.0. The molecular formula is C17H15FN4O3. The Bertz CT molecular complexity index is 910. The van der Waals surface area contributed by atoms with Gasteiger partial charge in [0.2, 0.25) is 0 Å². The first-order valence-electron chi connectivity index (χ1n) is 7.35. The average Bonchev–Trinajstić information content (AvgIpc) is 3.11. The molecular weight excluding hydrogens is 327 g/mol. The van der Waals surface area contributed by atoms with E-state index in [0.29, 0.717) is 28.3 Å². The number of H-pyrrole nitrogens is 1.